The third-order valence-corrected chi connectivity index (χ3v) is 6.49. The fourth-order valence-electron chi connectivity index (χ4n) is 4.07. The van der Waals surface area contributed by atoms with Crippen LogP contribution in [0.5, 0.6) is 11.5 Å². The molecule has 3 heterocycles. The predicted octanol–water partition coefficient (Wildman–Crippen LogP) is 4.95. The Bertz CT molecular complexity index is 1380. The Morgan fingerprint density at radius 3 is 2.50 bits per heavy atom. The van der Waals surface area contributed by atoms with Gasteiger partial charge in [-0.15, -0.1) is 16.4 Å². The van der Waals surface area contributed by atoms with Crippen molar-refractivity contribution >= 4 is 28.9 Å². The Labute approximate surface area is 200 Å². The van der Waals surface area contributed by atoms with Crippen molar-refractivity contribution in [1.29, 1.82) is 0 Å². The predicted molar refractivity (Wildman–Crippen MR) is 132 cm³/mol. The van der Waals surface area contributed by atoms with Crippen molar-refractivity contribution in [2.45, 2.75) is 13.0 Å². The lowest BCUT2D eigenvalue weighted by atomic mass is 9.94. The van der Waals surface area contributed by atoms with Crippen LogP contribution in [0.3, 0.4) is 0 Å². The van der Waals surface area contributed by atoms with Gasteiger partial charge in [0.2, 0.25) is 5.95 Å². The zero-order chi connectivity index (χ0) is 23.7. The second-order valence-electron chi connectivity index (χ2n) is 7.64. The number of allylic oxidation sites excluding steroid dienone is 1. The van der Waals surface area contributed by atoms with Gasteiger partial charge in [0.05, 0.1) is 30.4 Å². The number of ether oxygens (including phenoxy) is 2. The number of para-hydroxylation sites is 3. The summed E-state index contributed by atoms with van der Waals surface area (Å²) in [5.41, 5.74) is 2.57. The highest BCUT2D eigenvalue weighted by molar-refractivity contribution is 7.13. The molecule has 8 nitrogen and oxygen atoms in total. The number of carbonyl (C=O) groups excluding carboxylic acids is 1. The number of anilines is 2. The van der Waals surface area contributed by atoms with Gasteiger partial charge < -0.3 is 20.1 Å². The van der Waals surface area contributed by atoms with Gasteiger partial charge in [-0.2, -0.15) is 4.98 Å². The summed E-state index contributed by atoms with van der Waals surface area (Å²) < 4.78 is 12.8. The molecule has 1 unspecified atom stereocenters. The fraction of sp³-hybridized carbons (Fsp3) is 0.160. The number of benzene rings is 2. The smallest absolute Gasteiger partial charge is 0.255 e. The van der Waals surface area contributed by atoms with E-state index in [1.165, 1.54) is 0 Å². The maximum atomic E-state index is 13.7. The molecule has 0 saturated heterocycles. The largest absolute Gasteiger partial charge is 0.496 e. The molecule has 4 aromatic rings. The van der Waals surface area contributed by atoms with E-state index in [1.54, 1.807) is 42.4 Å². The number of hydrogen-bond acceptors (Lipinski definition) is 7. The fourth-order valence-corrected chi connectivity index (χ4v) is 4.73. The lowest BCUT2D eigenvalue weighted by molar-refractivity contribution is -0.113. The van der Waals surface area contributed by atoms with Crippen LogP contribution in [0.1, 0.15) is 18.5 Å². The van der Waals surface area contributed by atoms with Crippen LogP contribution in [-0.4, -0.2) is 34.9 Å². The van der Waals surface area contributed by atoms with Crippen molar-refractivity contribution in [3.05, 3.63) is 82.9 Å². The molecule has 1 aliphatic heterocycles. The molecule has 0 bridgehead atoms. The summed E-state index contributed by atoms with van der Waals surface area (Å²) in [7, 11) is 3.19. The molecular weight excluding hydrogens is 450 g/mol. The molecule has 2 aromatic heterocycles. The van der Waals surface area contributed by atoms with E-state index in [4.69, 9.17) is 19.6 Å². The molecule has 9 heteroatoms. The van der Waals surface area contributed by atoms with Crippen molar-refractivity contribution in [2.24, 2.45) is 0 Å². The summed E-state index contributed by atoms with van der Waals surface area (Å²) in [5, 5.41) is 13.0. The molecule has 2 aromatic carbocycles. The van der Waals surface area contributed by atoms with Gasteiger partial charge in [-0.25, -0.2) is 4.68 Å². The minimum atomic E-state index is -0.552. The summed E-state index contributed by atoms with van der Waals surface area (Å²) in [6, 6.07) is 18.3. The van der Waals surface area contributed by atoms with Crippen LogP contribution >= 0.6 is 11.3 Å². The van der Waals surface area contributed by atoms with E-state index < -0.39 is 6.04 Å². The molecule has 0 saturated carbocycles. The molecule has 2 N–H and O–H groups in total. The molecule has 172 valence electrons. The lowest BCUT2D eigenvalue weighted by Crippen LogP contribution is -2.31. The summed E-state index contributed by atoms with van der Waals surface area (Å²) >= 11 is 1.56. The molecule has 0 spiro atoms. The number of nitrogens with one attached hydrogen (secondary N) is 2. The first-order valence-corrected chi connectivity index (χ1v) is 11.5. The Hall–Kier alpha value is -4.11. The molecule has 0 fully saturated rings. The number of rotatable bonds is 6. The highest BCUT2D eigenvalue weighted by Crippen LogP contribution is 2.40. The molecule has 1 atom stereocenters. The van der Waals surface area contributed by atoms with Crippen LogP contribution in [0.2, 0.25) is 0 Å². The van der Waals surface area contributed by atoms with E-state index in [2.05, 4.69) is 10.6 Å². The first kappa shape index (κ1) is 21.7. The van der Waals surface area contributed by atoms with Crippen LogP contribution in [0, 0.1) is 0 Å². The summed E-state index contributed by atoms with van der Waals surface area (Å²) in [6.07, 6.45) is 0. The molecule has 1 aliphatic rings. The van der Waals surface area contributed by atoms with E-state index in [0.717, 1.165) is 10.4 Å². The number of aromatic nitrogens is 3. The van der Waals surface area contributed by atoms with Crippen molar-refractivity contribution < 1.29 is 14.3 Å². The third-order valence-electron chi connectivity index (χ3n) is 5.63. The highest BCUT2D eigenvalue weighted by Gasteiger charge is 2.36. The number of amides is 1. The van der Waals surface area contributed by atoms with Gasteiger partial charge in [0.1, 0.15) is 17.5 Å². The van der Waals surface area contributed by atoms with Crippen molar-refractivity contribution in [1.82, 2.24) is 14.8 Å². The maximum absolute atomic E-state index is 13.7. The minimum absolute atomic E-state index is 0.274. The summed E-state index contributed by atoms with van der Waals surface area (Å²) in [6.45, 7) is 1.86. The highest BCUT2D eigenvalue weighted by atomic mass is 32.1. The molecule has 0 aliphatic carbocycles. The topological polar surface area (TPSA) is 90.3 Å². The quantitative estimate of drug-likeness (QED) is 0.412. The number of fused-ring (bicyclic) bond motifs is 1. The number of carbonyl (C=O) groups is 1. The second kappa shape index (κ2) is 9.03. The zero-order valence-corrected chi connectivity index (χ0v) is 19.7. The van der Waals surface area contributed by atoms with Crippen LogP contribution in [0.25, 0.3) is 10.7 Å². The van der Waals surface area contributed by atoms with Crippen LogP contribution in [0.15, 0.2) is 77.3 Å². The summed E-state index contributed by atoms with van der Waals surface area (Å²) in [5.74, 6) is 2.11. The van der Waals surface area contributed by atoms with E-state index >= 15 is 0 Å². The summed E-state index contributed by atoms with van der Waals surface area (Å²) in [4.78, 5) is 19.4. The van der Waals surface area contributed by atoms with Gasteiger partial charge in [-0.3, -0.25) is 4.79 Å². The van der Waals surface area contributed by atoms with Gasteiger partial charge in [0, 0.05) is 11.3 Å². The third kappa shape index (κ3) is 3.80. The first-order chi connectivity index (χ1) is 16.6. The van der Waals surface area contributed by atoms with Crippen LogP contribution in [0.4, 0.5) is 11.6 Å². The van der Waals surface area contributed by atoms with E-state index in [1.807, 2.05) is 60.8 Å². The minimum Gasteiger partial charge on any atom is -0.496 e. The van der Waals surface area contributed by atoms with Crippen LogP contribution < -0.4 is 20.1 Å². The van der Waals surface area contributed by atoms with Crippen molar-refractivity contribution in [3.8, 4) is 22.2 Å². The second-order valence-corrected chi connectivity index (χ2v) is 8.59. The molecule has 34 heavy (non-hydrogen) atoms. The number of hydrogen-bond donors (Lipinski definition) is 2. The van der Waals surface area contributed by atoms with Gasteiger partial charge in [-0.1, -0.05) is 36.4 Å². The van der Waals surface area contributed by atoms with Gasteiger partial charge in [0.25, 0.3) is 5.91 Å². The van der Waals surface area contributed by atoms with Crippen molar-refractivity contribution in [3.63, 3.8) is 0 Å². The SMILES string of the molecule is COc1ccccc1NC(=O)C1=C(C)Nc2nc(-c3cccs3)nn2C1c1ccccc1OC. The Balaban J connectivity index is 1.63. The van der Waals surface area contributed by atoms with Crippen molar-refractivity contribution in [2.75, 3.05) is 24.9 Å². The molecule has 0 radical (unpaired) electrons. The Morgan fingerprint density at radius 1 is 1.03 bits per heavy atom. The standard InChI is InChI=1S/C25H23N5O3S/c1-15-21(24(31)27-17-10-5-7-12-19(17)33-3)22(16-9-4-6-11-18(16)32-2)30-25(26-15)28-23(29-30)20-13-8-14-34-20/h4-14,22H,1-3H3,(H,27,31)(H,26,28,29). The zero-order valence-electron chi connectivity index (χ0n) is 18.9. The number of methoxy groups -OCH3 is 2. The normalized spacial score (nSPS) is 14.9. The average molecular weight is 474 g/mol. The molecular formula is C25H23N5O3S. The van der Waals surface area contributed by atoms with Gasteiger partial charge >= 0.3 is 0 Å². The Morgan fingerprint density at radius 2 is 1.76 bits per heavy atom. The maximum Gasteiger partial charge on any atom is 0.255 e. The van der Waals surface area contributed by atoms with E-state index in [-0.39, 0.29) is 5.91 Å². The van der Waals surface area contributed by atoms with Gasteiger partial charge in [0.15, 0.2) is 5.82 Å². The molecule has 1 amide bonds. The van der Waals surface area contributed by atoms with E-state index in [0.29, 0.717) is 40.2 Å². The monoisotopic (exact) mass is 473 g/mol. The first-order valence-electron chi connectivity index (χ1n) is 10.7. The number of nitrogens with zero attached hydrogens (tertiary/aromatic N) is 3. The van der Waals surface area contributed by atoms with E-state index in [9.17, 15) is 4.79 Å². The lowest BCUT2D eigenvalue weighted by Gasteiger charge is -2.29. The van der Waals surface area contributed by atoms with Crippen LogP contribution in [-0.2, 0) is 4.79 Å². The van der Waals surface area contributed by atoms with Gasteiger partial charge in [-0.05, 0) is 36.6 Å². The molecule has 5 rings (SSSR count). The average Bonchev–Trinajstić information content (AvgIpc) is 3.53. The number of thiophene rings is 1. The Kier molecular flexibility index (Phi) is 5.77.